The first-order valence-corrected chi connectivity index (χ1v) is 8.56. The molecule has 138 valence electrons. The zero-order chi connectivity index (χ0) is 18.8. The Morgan fingerprint density at radius 3 is 2.56 bits per heavy atom. The second-order valence-corrected chi connectivity index (χ2v) is 6.09. The molecule has 0 radical (unpaired) electrons. The zero-order valence-electron chi connectivity index (χ0n) is 15.1. The number of aryl methyl sites for hydroxylation is 1. The largest absolute Gasteiger partial charge is 0.497 e. The Morgan fingerprint density at radius 2 is 1.81 bits per heavy atom. The van der Waals surface area contributed by atoms with E-state index in [4.69, 9.17) is 14.2 Å². The minimum atomic E-state index is -0.290. The van der Waals surface area contributed by atoms with E-state index in [-0.39, 0.29) is 5.91 Å². The number of amides is 1. The molecule has 0 unspecified atom stereocenters. The third kappa shape index (κ3) is 3.44. The van der Waals surface area contributed by atoms with E-state index in [9.17, 15) is 4.79 Å². The van der Waals surface area contributed by atoms with E-state index in [1.54, 1.807) is 36.1 Å². The number of nitrogens with zero attached hydrogens (tertiary/aromatic N) is 2. The van der Waals surface area contributed by atoms with Gasteiger partial charge in [-0.2, -0.15) is 5.10 Å². The number of aromatic nitrogens is 2. The highest BCUT2D eigenvalue weighted by Gasteiger charge is 2.16. The fourth-order valence-corrected chi connectivity index (χ4v) is 2.89. The standard InChI is InChI=1S/C20H19N3O4/c1-13-11-17(22-23(13)15-4-6-16(25-2)7-5-15)20(24)21-14-3-8-18-19(12-14)27-10-9-26-18/h3-8,11-12H,9-10H2,1-2H3,(H,21,24). The van der Waals surface area contributed by atoms with Gasteiger partial charge in [0.25, 0.3) is 5.91 Å². The molecular formula is C20H19N3O4. The molecule has 27 heavy (non-hydrogen) atoms. The van der Waals surface area contributed by atoms with Crippen LogP contribution in [0, 0.1) is 6.92 Å². The lowest BCUT2D eigenvalue weighted by Crippen LogP contribution is -2.16. The van der Waals surface area contributed by atoms with Crippen LogP contribution >= 0.6 is 0 Å². The molecule has 7 heteroatoms. The number of benzene rings is 2. The van der Waals surface area contributed by atoms with Crippen molar-refractivity contribution in [1.82, 2.24) is 9.78 Å². The summed E-state index contributed by atoms with van der Waals surface area (Å²) in [5, 5.41) is 7.28. The van der Waals surface area contributed by atoms with Crippen LogP contribution in [0.1, 0.15) is 16.2 Å². The number of rotatable bonds is 4. The van der Waals surface area contributed by atoms with Crippen molar-refractivity contribution in [2.75, 3.05) is 25.6 Å². The number of carbonyl (C=O) groups excluding carboxylic acids is 1. The van der Waals surface area contributed by atoms with Crippen LogP contribution in [0.15, 0.2) is 48.5 Å². The molecule has 1 N–H and O–H groups in total. The number of anilines is 1. The van der Waals surface area contributed by atoms with Crippen LogP contribution in [-0.4, -0.2) is 36.0 Å². The highest BCUT2D eigenvalue weighted by molar-refractivity contribution is 6.03. The topological polar surface area (TPSA) is 74.6 Å². The van der Waals surface area contributed by atoms with Gasteiger partial charge >= 0.3 is 0 Å². The van der Waals surface area contributed by atoms with E-state index in [1.807, 2.05) is 31.2 Å². The summed E-state index contributed by atoms with van der Waals surface area (Å²) in [5.41, 5.74) is 2.67. The van der Waals surface area contributed by atoms with Gasteiger partial charge in [-0.05, 0) is 49.4 Å². The van der Waals surface area contributed by atoms with Crippen molar-refractivity contribution in [1.29, 1.82) is 0 Å². The normalized spacial score (nSPS) is 12.5. The van der Waals surface area contributed by atoms with Gasteiger partial charge in [0.05, 0.1) is 12.8 Å². The molecule has 1 aromatic heterocycles. The van der Waals surface area contributed by atoms with Gasteiger partial charge in [-0.1, -0.05) is 0 Å². The number of nitrogens with one attached hydrogen (secondary N) is 1. The molecule has 0 spiro atoms. The Hall–Kier alpha value is -3.48. The number of carbonyl (C=O) groups is 1. The molecule has 2 heterocycles. The second-order valence-electron chi connectivity index (χ2n) is 6.09. The average Bonchev–Trinajstić information content (AvgIpc) is 3.10. The number of hydrogen-bond acceptors (Lipinski definition) is 5. The summed E-state index contributed by atoms with van der Waals surface area (Å²) < 4.78 is 17.9. The molecule has 0 atom stereocenters. The summed E-state index contributed by atoms with van der Waals surface area (Å²) in [6, 6.07) is 14.5. The number of methoxy groups -OCH3 is 1. The minimum Gasteiger partial charge on any atom is -0.497 e. The van der Waals surface area contributed by atoms with Crippen molar-refractivity contribution in [3.63, 3.8) is 0 Å². The Bertz CT molecular complexity index is 979. The molecule has 0 bridgehead atoms. The lowest BCUT2D eigenvalue weighted by Gasteiger charge is -2.18. The van der Waals surface area contributed by atoms with Crippen LogP contribution in [-0.2, 0) is 0 Å². The maximum absolute atomic E-state index is 12.6. The van der Waals surface area contributed by atoms with Crippen molar-refractivity contribution in [3.05, 3.63) is 59.9 Å². The average molecular weight is 365 g/mol. The smallest absolute Gasteiger partial charge is 0.276 e. The molecule has 2 aromatic carbocycles. The first-order valence-electron chi connectivity index (χ1n) is 8.56. The molecule has 1 aliphatic rings. The summed E-state index contributed by atoms with van der Waals surface area (Å²) in [6.07, 6.45) is 0. The monoisotopic (exact) mass is 365 g/mol. The summed E-state index contributed by atoms with van der Waals surface area (Å²) in [4.78, 5) is 12.6. The van der Waals surface area contributed by atoms with E-state index in [1.165, 1.54) is 0 Å². The van der Waals surface area contributed by atoms with Gasteiger partial charge in [-0.15, -0.1) is 0 Å². The summed E-state index contributed by atoms with van der Waals surface area (Å²) in [7, 11) is 1.62. The van der Waals surface area contributed by atoms with Crippen LogP contribution < -0.4 is 19.5 Å². The van der Waals surface area contributed by atoms with Gasteiger partial charge in [0.1, 0.15) is 19.0 Å². The predicted octanol–water partition coefficient (Wildman–Crippen LogP) is 3.21. The van der Waals surface area contributed by atoms with E-state index < -0.39 is 0 Å². The Morgan fingerprint density at radius 1 is 1.07 bits per heavy atom. The molecule has 4 rings (SSSR count). The Kier molecular flexibility index (Phi) is 4.42. The SMILES string of the molecule is COc1ccc(-n2nc(C(=O)Nc3ccc4c(c3)OCCO4)cc2C)cc1. The van der Waals surface area contributed by atoms with Crippen molar-refractivity contribution in [3.8, 4) is 22.9 Å². The highest BCUT2D eigenvalue weighted by Crippen LogP contribution is 2.32. The predicted molar refractivity (Wildman–Crippen MR) is 100 cm³/mol. The maximum atomic E-state index is 12.6. The molecule has 1 amide bonds. The molecule has 0 saturated heterocycles. The van der Waals surface area contributed by atoms with Crippen molar-refractivity contribution in [2.45, 2.75) is 6.92 Å². The molecule has 0 saturated carbocycles. The fraction of sp³-hybridized carbons (Fsp3) is 0.200. The van der Waals surface area contributed by atoms with Crippen molar-refractivity contribution >= 4 is 11.6 Å². The van der Waals surface area contributed by atoms with Crippen LogP contribution in [0.5, 0.6) is 17.2 Å². The molecule has 7 nitrogen and oxygen atoms in total. The highest BCUT2D eigenvalue weighted by atomic mass is 16.6. The third-order valence-corrected chi connectivity index (χ3v) is 4.24. The first-order chi connectivity index (χ1) is 13.1. The summed E-state index contributed by atoms with van der Waals surface area (Å²) in [6.45, 7) is 2.93. The van der Waals surface area contributed by atoms with Gasteiger partial charge in [-0.25, -0.2) is 4.68 Å². The van der Waals surface area contributed by atoms with Crippen LogP contribution in [0.4, 0.5) is 5.69 Å². The van der Waals surface area contributed by atoms with Crippen LogP contribution in [0.2, 0.25) is 0 Å². The third-order valence-electron chi connectivity index (χ3n) is 4.24. The van der Waals surface area contributed by atoms with Crippen LogP contribution in [0.3, 0.4) is 0 Å². The van der Waals surface area contributed by atoms with E-state index in [2.05, 4.69) is 10.4 Å². The van der Waals surface area contributed by atoms with E-state index in [0.29, 0.717) is 36.1 Å². The van der Waals surface area contributed by atoms with Crippen molar-refractivity contribution in [2.24, 2.45) is 0 Å². The number of ether oxygens (including phenoxy) is 3. The minimum absolute atomic E-state index is 0.290. The van der Waals surface area contributed by atoms with Gasteiger partial charge in [-0.3, -0.25) is 4.79 Å². The molecular weight excluding hydrogens is 346 g/mol. The lowest BCUT2D eigenvalue weighted by atomic mass is 10.2. The zero-order valence-corrected chi connectivity index (χ0v) is 15.1. The first kappa shape index (κ1) is 17.0. The second kappa shape index (κ2) is 7.03. The molecule has 3 aromatic rings. The van der Waals surface area contributed by atoms with E-state index >= 15 is 0 Å². The number of hydrogen-bond donors (Lipinski definition) is 1. The van der Waals surface area contributed by atoms with Gasteiger partial charge in [0.2, 0.25) is 0 Å². The fourth-order valence-electron chi connectivity index (χ4n) is 2.89. The molecule has 1 aliphatic heterocycles. The van der Waals surface area contributed by atoms with Crippen molar-refractivity contribution < 1.29 is 19.0 Å². The Balaban J connectivity index is 1.54. The van der Waals surface area contributed by atoms with E-state index in [0.717, 1.165) is 17.1 Å². The lowest BCUT2D eigenvalue weighted by molar-refractivity contribution is 0.102. The number of fused-ring (bicyclic) bond motifs is 1. The summed E-state index contributed by atoms with van der Waals surface area (Å²) >= 11 is 0. The maximum Gasteiger partial charge on any atom is 0.276 e. The van der Waals surface area contributed by atoms with Crippen LogP contribution in [0.25, 0.3) is 5.69 Å². The Labute approximate surface area is 156 Å². The molecule has 0 fully saturated rings. The molecule has 0 aliphatic carbocycles. The van der Waals surface area contributed by atoms with Gasteiger partial charge < -0.3 is 19.5 Å². The van der Waals surface area contributed by atoms with Gasteiger partial charge in [0.15, 0.2) is 17.2 Å². The quantitative estimate of drug-likeness (QED) is 0.768. The van der Waals surface area contributed by atoms with Gasteiger partial charge in [0, 0.05) is 17.4 Å². The summed E-state index contributed by atoms with van der Waals surface area (Å²) in [5.74, 6) is 1.78.